The molecule has 0 bridgehead atoms. The number of hydrogen-bond donors (Lipinski definition) is 1. The van der Waals surface area contributed by atoms with Gasteiger partial charge in [0.2, 0.25) is 0 Å². The topological polar surface area (TPSA) is 72.2 Å². The summed E-state index contributed by atoms with van der Waals surface area (Å²) in [6.07, 6.45) is 1.21. The van der Waals surface area contributed by atoms with E-state index in [1.165, 1.54) is 18.3 Å². The minimum atomic E-state index is -1.00. The van der Waals surface area contributed by atoms with E-state index < -0.39 is 5.97 Å². The summed E-state index contributed by atoms with van der Waals surface area (Å²) in [4.78, 5) is 26.2. The summed E-state index contributed by atoms with van der Waals surface area (Å²) < 4.78 is 1.55. The predicted octanol–water partition coefficient (Wildman–Crippen LogP) is 1.11. The fourth-order valence-electron chi connectivity index (χ4n) is 1.63. The van der Waals surface area contributed by atoms with Crippen LogP contribution in [0.3, 0.4) is 0 Å². The smallest absolute Gasteiger partial charge is 0.335 e. The van der Waals surface area contributed by atoms with Gasteiger partial charge in [-0.15, -0.1) is 0 Å². The van der Waals surface area contributed by atoms with Gasteiger partial charge in [-0.2, -0.15) is 0 Å². The molecule has 0 spiro atoms. The number of fused-ring (bicyclic) bond motifs is 1. The van der Waals surface area contributed by atoms with Crippen LogP contribution in [0.25, 0.3) is 11.0 Å². The van der Waals surface area contributed by atoms with Crippen molar-refractivity contribution in [3.63, 3.8) is 0 Å². The maximum Gasteiger partial charge on any atom is 0.335 e. The molecule has 82 valence electrons. The molecule has 1 heterocycles. The van der Waals surface area contributed by atoms with Crippen molar-refractivity contribution >= 4 is 17.0 Å². The lowest BCUT2D eigenvalue weighted by atomic mass is 10.2. The Kier molecular flexibility index (Phi) is 2.44. The van der Waals surface area contributed by atoms with Gasteiger partial charge in [0.1, 0.15) is 0 Å². The van der Waals surface area contributed by atoms with E-state index in [1.54, 1.807) is 10.6 Å². The third kappa shape index (κ3) is 1.56. The van der Waals surface area contributed by atoms with Crippen LogP contribution in [0.1, 0.15) is 17.3 Å². The van der Waals surface area contributed by atoms with Crippen LogP contribution in [0.2, 0.25) is 0 Å². The van der Waals surface area contributed by atoms with Crippen molar-refractivity contribution in [1.29, 1.82) is 0 Å². The molecule has 0 unspecified atom stereocenters. The van der Waals surface area contributed by atoms with Crippen LogP contribution in [0.5, 0.6) is 0 Å². The van der Waals surface area contributed by atoms with E-state index in [0.29, 0.717) is 17.6 Å². The van der Waals surface area contributed by atoms with Gasteiger partial charge in [0.05, 0.1) is 22.8 Å². The standard InChI is InChI=1S/C11H10N2O3/c1-2-13-9-4-3-7(11(15)16)5-8(9)12-6-10(13)14/h3-6H,2H2,1H3,(H,15,16). The van der Waals surface area contributed by atoms with Gasteiger partial charge in [0.15, 0.2) is 0 Å². The second kappa shape index (κ2) is 3.77. The second-order valence-corrected chi connectivity index (χ2v) is 3.35. The lowest BCUT2D eigenvalue weighted by Crippen LogP contribution is -2.19. The predicted molar refractivity (Wildman–Crippen MR) is 58.6 cm³/mol. The highest BCUT2D eigenvalue weighted by atomic mass is 16.4. The SMILES string of the molecule is CCn1c(=O)cnc2cc(C(=O)O)ccc21. The van der Waals surface area contributed by atoms with Crippen molar-refractivity contribution in [2.24, 2.45) is 0 Å². The zero-order chi connectivity index (χ0) is 11.7. The lowest BCUT2D eigenvalue weighted by Gasteiger charge is -2.06. The summed E-state index contributed by atoms with van der Waals surface area (Å²) in [6, 6.07) is 4.54. The van der Waals surface area contributed by atoms with Crippen LogP contribution in [-0.4, -0.2) is 20.6 Å². The first-order valence-electron chi connectivity index (χ1n) is 4.86. The van der Waals surface area contributed by atoms with E-state index in [4.69, 9.17) is 5.11 Å². The summed E-state index contributed by atoms with van der Waals surface area (Å²) in [5.41, 5.74) is 1.15. The number of carbonyl (C=O) groups is 1. The highest BCUT2D eigenvalue weighted by Gasteiger charge is 2.07. The average molecular weight is 218 g/mol. The Morgan fingerprint density at radius 2 is 2.25 bits per heavy atom. The van der Waals surface area contributed by atoms with E-state index in [0.717, 1.165) is 0 Å². The van der Waals surface area contributed by atoms with Crippen molar-refractivity contribution in [2.45, 2.75) is 13.5 Å². The minimum absolute atomic E-state index is 0.168. The van der Waals surface area contributed by atoms with Crippen LogP contribution in [0.4, 0.5) is 0 Å². The number of hydrogen-bond acceptors (Lipinski definition) is 3. The molecule has 0 aliphatic rings. The van der Waals surface area contributed by atoms with E-state index >= 15 is 0 Å². The molecule has 0 saturated heterocycles. The number of aryl methyl sites for hydroxylation is 1. The number of benzene rings is 1. The van der Waals surface area contributed by atoms with Gasteiger partial charge in [-0.1, -0.05) is 0 Å². The van der Waals surface area contributed by atoms with Gasteiger partial charge in [-0.3, -0.25) is 4.79 Å². The van der Waals surface area contributed by atoms with Crippen LogP contribution in [0.15, 0.2) is 29.2 Å². The molecule has 0 amide bonds. The van der Waals surface area contributed by atoms with Gasteiger partial charge >= 0.3 is 5.97 Å². The molecule has 5 nitrogen and oxygen atoms in total. The average Bonchev–Trinajstić information content (AvgIpc) is 2.28. The molecule has 0 atom stereocenters. The summed E-state index contributed by atoms with van der Waals surface area (Å²) in [6.45, 7) is 2.39. The Bertz CT molecular complexity index is 616. The van der Waals surface area contributed by atoms with Gasteiger partial charge in [-0.25, -0.2) is 9.78 Å². The molecule has 1 aromatic heterocycles. The summed E-state index contributed by atoms with van der Waals surface area (Å²) in [7, 11) is 0. The first-order valence-corrected chi connectivity index (χ1v) is 4.86. The first-order chi connectivity index (χ1) is 7.63. The maximum atomic E-state index is 11.5. The molecular formula is C11H10N2O3. The van der Waals surface area contributed by atoms with Crippen molar-refractivity contribution in [3.05, 3.63) is 40.3 Å². The lowest BCUT2D eigenvalue weighted by molar-refractivity contribution is 0.0697. The molecule has 2 aromatic rings. The van der Waals surface area contributed by atoms with E-state index in [-0.39, 0.29) is 11.1 Å². The largest absolute Gasteiger partial charge is 0.478 e. The zero-order valence-electron chi connectivity index (χ0n) is 8.67. The summed E-state index contributed by atoms with van der Waals surface area (Å²) in [5, 5.41) is 8.83. The van der Waals surface area contributed by atoms with Crippen LogP contribution in [0, 0.1) is 0 Å². The quantitative estimate of drug-likeness (QED) is 0.819. The zero-order valence-corrected chi connectivity index (χ0v) is 8.67. The Balaban J connectivity index is 2.78. The summed E-state index contributed by atoms with van der Waals surface area (Å²) in [5.74, 6) is -1.00. The third-order valence-electron chi connectivity index (χ3n) is 2.41. The molecule has 16 heavy (non-hydrogen) atoms. The van der Waals surface area contributed by atoms with E-state index in [9.17, 15) is 9.59 Å². The Labute approximate surface area is 91.0 Å². The van der Waals surface area contributed by atoms with Crippen LogP contribution < -0.4 is 5.56 Å². The highest BCUT2D eigenvalue weighted by molar-refractivity contribution is 5.92. The van der Waals surface area contributed by atoms with Crippen molar-refractivity contribution in [3.8, 4) is 0 Å². The van der Waals surface area contributed by atoms with Crippen molar-refractivity contribution in [2.75, 3.05) is 0 Å². The molecule has 0 saturated carbocycles. The van der Waals surface area contributed by atoms with Gasteiger partial charge in [-0.05, 0) is 25.1 Å². The van der Waals surface area contributed by atoms with Gasteiger partial charge in [0.25, 0.3) is 5.56 Å². The maximum absolute atomic E-state index is 11.5. The number of aromatic nitrogens is 2. The minimum Gasteiger partial charge on any atom is -0.478 e. The second-order valence-electron chi connectivity index (χ2n) is 3.35. The Hall–Kier alpha value is -2.17. The third-order valence-corrected chi connectivity index (χ3v) is 2.41. The Morgan fingerprint density at radius 3 is 2.88 bits per heavy atom. The summed E-state index contributed by atoms with van der Waals surface area (Å²) >= 11 is 0. The Morgan fingerprint density at radius 1 is 1.50 bits per heavy atom. The number of aromatic carboxylic acids is 1. The molecule has 1 aromatic carbocycles. The van der Waals surface area contributed by atoms with Crippen LogP contribution >= 0.6 is 0 Å². The molecule has 1 N–H and O–H groups in total. The fraction of sp³-hybridized carbons (Fsp3) is 0.182. The molecular weight excluding hydrogens is 208 g/mol. The molecule has 0 aliphatic carbocycles. The van der Waals surface area contributed by atoms with Crippen LogP contribution in [-0.2, 0) is 6.54 Å². The number of rotatable bonds is 2. The molecule has 0 aliphatic heterocycles. The number of carboxylic acids is 1. The first kappa shape index (κ1) is 10.4. The monoisotopic (exact) mass is 218 g/mol. The van der Waals surface area contributed by atoms with Gasteiger partial charge in [0, 0.05) is 6.54 Å². The van der Waals surface area contributed by atoms with Crippen molar-refractivity contribution in [1.82, 2.24) is 9.55 Å². The van der Waals surface area contributed by atoms with Gasteiger partial charge < -0.3 is 9.67 Å². The molecule has 2 rings (SSSR count). The van der Waals surface area contributed by atoms with E-state index in [2.05, 4.69) is 4.98 Å². The van der Waals surface area contributed by atoms with Crippen molar-refractivity contribution < 1.29 is 9.90 Å². The molecule has 5 heteroatoms. The highest BCUT2D eigenvalue weighted by Crippen LogP contribution is 2.12. The molecule has 0 radical (unpaired) electrons. The fourth-order valence-corrected chi connectivity index (χ4v) is 1.63. The number of carboxylic acid groups (broad SMARTS) is 1. The van der Waals surface area contributed by atoms with E-state index in [1.807, 2.05) is 6.92 Å². The normalized spacial score (nSPS) is 10.6. The number of nitrogens with zero attached hydrogens (tertiary/aromatic N) is 2. The molecule has 0 fully saturated rings.